The zero-order valence-corrected chi connectivity index (χ0v) is 56.4. The molecule has 0 aliphatic carbocycles. The Kier molecular flexibility index (Phi) is 9.41. The Morgan fingerprint density at radius 2 is 0.854 bits per heavy atom. The molecule has 103 heavy (non-hydrogen) atoms. The number of hydrogen-bond donors (Lipinski definition) is 0. The quantitative estimate of drug-likeness (QED) is 0.141. The van der Waals surface area contributed by atoms with E-state index in [-0.39, 0.29) is 91.1 Å². The van der Waals surface area contributed by atoms with Crippen molar-refractivity contribution in [1.82, 2.24) is 4.57 Å². The molecule has 9 heteroatoms. The molecule has 16 aromatic rings. The molecule has 22 rings (SSSR count). The van der Waals surface area contributed by atoms with E-state index in [0.717, 1.165) is 43.5 Å². The van der Waals surface area contributed by atoms with Crippen molar-refractivity contribution >= 4 is 148 Å². The number of rotatable bonds is 8. The lowest BCUT2D eigenvalue weighted by Crippen LogP contribution is -2.67. The predicted octanol–water partition coefficient (Wildman–Crippen LogP) is 21.5. The van der Waals surface area contributed by atoms with Crippen molar-refractivity contribution < 1.29 is 28.0 Å². The molecule has 0 fully saturated rings. The monoisotopic (exact) mass is 1350 g/mol. The molecule has 15 aromatic carbocycles. The van der Waals surface area contributed by atoms with E-state index >= 15 is 0 Å². The van der Waals surface area contributed by atoms with E-state index in [1.165, 1.54) is 11.8 Å². The molecule has 6 aliphatic rings. The Balaban J connectivity index is 0.999. The van der Waals surface area contributed by atoms with Crippen molar-refractivity contribution in [3.05, 3.63) is 333 Å². The Morgan fingerprint density at radius 1 is 0.350 bits per heavy atom. The first-order valence-corrected chi connectivity index (χ1v) is 35.2. The largest absolute Gasteiger partial charge is 0.459 e. The summed E-state index contributed by atoms with van der Waals surface area (Å²) in [7, 11) is 0. The molecule has 0 atom stereocenters. The third-order valence-electron chi connectivity index (χ3n) is 21.1. The molecule has 0 saturated heterocycles. The molecule has 1 aromatic heterocycles. The smallest absolute Gasteiger partial charge is 0.261 e. The van der Waals surface area contributed by atoms with Crippen LogP contribution in [0.5, 0.6) is 11.5 Å². The highest BCUT2D eigenvalue weighted by molar-refractivity contribution is 7.99. The van der Waals surface area contributed by atoms with Gasteiger partial charge in [0.05, 0.1) is 57.1 Å². The second kappa shape index (κ2) is 22.0. The van der Waals surface area contributed by atoms with Crippen LogP contribution in [0.2, 0.25) is 0 Å². The highest BCUT2D eigenvalue weighted by Gasteiger charge is 2.55. The average Bonchev–Trinajstić information content (AvgIpc) is 0.701. The van der Waals surface area contributed by atoms with E-state index in [9.17, 15) is 20.6 Å². The van der Waals surface area contributed by atoms with Gasteiger partial charge in [0.25, 0.3) is 13.4 Å². The third-order valence-corrected chi connectivity index (χ3v) is 22.2. The van der Waals surface area contributed by atoms with Gasteiger partial charge in [-0.05, 0) is 157 Å². The van der Waals surface area contributed by atoms with E-state index in [1.54, 1.807) is 4.90 Å². The number of para-hydroxylation sites is 6. The summed E-state index contributed by atoms with van der Waals surface area (Å²) in [6.45, 7) is 3.73. The Labute approximate surface area is 627 Å². The summed E-state index contributed by atoms with van der Waals surface area (Å²) in [5, 5.41) is -0.596. The Morgan fingerprint density at radius 3 is 1.43 bits per heavy atom. The second-order valence-corrected chi connectivity index (χ2v) is 28.7. The third kappa shape index (κ3) is 8.37. The van der Waals surface area contributed by atoms with Crippen LogP contribution in [0.25, 0.3) is 72.0 Å². The molecule has 7 heterocycles. The fourth-order valence-corrected chi connectivity index (χ4v) is 17.8. The zero-order chi connectivity index (χ0) is 82.7. The first-order chi connectivity index (χ1) is 57.9. The van der Waals surface area contributed by atoms with Gasteiger partial charge in [0, 0.05) is 94.0 Å². The second-order valence-electron chi connectivity index (χ2n) is 27.7. The van der Waals surface area contributed by atoms with Crippen molar-refractivity contribution in [3.8, 4) is 61.7 Å². The standard InChI is InChI=1S/C94H63B2N5OS/c1-94(2,3)62-54-78-85-79(55-62)101(91-67(60-32-13-6-14-33-60)42-26-43-68(91)61-34-15-7-16-35-61)80-57-81-89-93(102-82-48-27-47-75-86(82)96(89)87-76(97(75)63-36-17-8-18-37-63)52-53-84-92(87)99(81)74-46-23-24-49-83(74)103-84)88(80)95(85)71-51-50-64(98-72-44-21-19-38-69(72)70-39-20-22-45-73(70)98)56-77(71)100(78)90-65(58-28-9-4-10-29-58)40-25-41-66(90)59-30-11-5-12-31-59/h4-57H,1-3H3/i19D,20D,21D,22D,27D,38D,39D,44D,45D,47D,48D,50D,51D,52D,53D,56D,57D. The zero-order valence-electron chi connectivity index (χ0n) is 72.6. The topological polar surface area (TPSA) is 27.1 Å². The number of ether oxygens (including phenoxy) is 1. The fraction of sp³-hybridized carbons (Fsp3) is 0.0426. The fourth-order valence-electron chi connectivity index (χ4n) is 16.8. The van der Waals surface area contributed by atoms with Gasteiger partial charge in [-0.2, -0.15) is 0 Å². The first-order valence-electron chi connectivity index (χ1n) is 42.9. The Hall–Kier alpha value is -12.4. The van der Waals surface area contributed by atoms with Gasteiger partial charge >= 0.3 is 0 Å². The summed E-state index contributed by atoms with van der Waals surface area (Å²) in [5.41, 5.74) is 11.0. The van der Waals surface area contributed by atoms with E-state index < -0.39 is 103 Å². The van der Waals surface area contributed by atoms with Gasteiger partial charge in [-0.1, -0.05) is 269 Å². The van der Waals surface area contributed by atoms with Gasteiger partial charge in [0.1, 0.15) is 11.5 Å². The molecule has 0 N–H and O–H groups in total. The number of aromatic nitrogens is 1. The van der Waals surface area contributed by atoms with Gasteiger partial charge < -0.3 is 28.9 Å². The lowest BCUT2D eigenvalue weighted by Gasteiger charge is -2.51. The normalized spacial score (nSPS) is 16.0. The van der Waals surface area contributed by atoms with Crippen LogP contribution >= 0.6 is 11.8 Å². The van der Waals surface area contributed by atoms with E-state index in [2.05, 4.69) is 49.9 Å². The van der Waals surface area contributed by atoms with Crippen molar-refractivity contribution in [2.75, 3.05) is 19.6 Å². The highest BCUT2D eigenvalue weighted by Crippen LogP contribution is 2.60. The SMILES string of the molecule is [2H]c1c([2H])c2c3c(c1[2H])N(c1ccccc1)c1c([2H])c([2H])c4c5c1B3c1c(c3c(c([2H])c1N5c1ccccc1S4)N(c1c(-c4ccccc4)cccc1-c1ccccc1)c1cc(C(C)(C)C)cc4c1B3c1c([2H])c([2H])c(-n3c5c([2H])c([2H])c([2H])c([2H])c5c5c([2H])c([2H])c([2H])c([2H])c53)c([2H])c1N4c1c(-c3ccccc3)cccc1-c1ccccc1)O2. The molecule has 0 amide bonds. The minimum Gasteiger partial charge on any atom is -0.459 e. The van der Waals surface area contributed by atoms with Crippen LogP contribution in [-0.2, 0) is 5.41 Å². The number of anilines is 12. The van der Waals surface area contributed by atoms with Gasteiger partial charge in [0.15, 0.2) is 0 Å². The lowest BCUT2D eigenvalue weighted by atomic mass is 9.29. The molecule has 0 saturated carbocycles. The molecular formula is C94H63B2N5OS. The number of benzene rings is 15. The number of fused-ring (bicyclic) bond motifs is 11. The van der Waals surface area contributed by atoms with Crippen LogP contribution in [0.3, 0.4) is 0 Å². The van der Waals surface area contributed by atoms with Crippen LogP contribution in [0.1, 0.15) is 49.6 Å². The molecule has 482 valence electrons. The first kappa shape index (κ1) is 44.0. The van der Waals surface area contributed by atoms with Crippen molar-refractivity contribution in [1.29, 1.82) is 0 Å². The average molecular weight is 1350 g/mol. The van der Waals surface area contributed by atoms with E-state index in [0.29, 0.717) is 88.3 Å². The molecule has 0 bridgehead atoms. The summed E-state index contributed by atoms with van der Waals surface area (Å²) >= 11 is 1.34. The van der Waals surface area contributed by atoms with Gasteiger partial charge in [-0.25, -0.2) is 0 Å². The summed E-state index contributed by atoms with van der Waals surface area (Å²) in [5.74, 6) is -0.0291. The van der Waals surface area contributed by atoms with Crippen molar-refractivity contribution in [2.45, 2.75) is 36.0 Å². The maximum absolute atomic E-state index is 12.3. The van der Waals surface area contributed by atoms with Crippen molar-refractivity contribution in [2.24, 2.45) is 0 Å². The minimum absolute atomic E-state index is 0.0162. The van der Waals surface area contributed by atoms with Crippen LogP contribution in [0, 0.1) is 0 Å². The molecule has 6 nitrogen and oxygen atoms in total. The molecule has 0 spiro atoms. The number of hydrogen-bond acceptors (Lipinski definition) is 6. The van der Waals surface area contributed by atoms with Gasteiger partial charge in [-0.3, -0.25) is 0 Å². The van der Waals surface area contributed by atoms with Crippen LogP contribution < -0.4 is 57.1 Å². The van der Waals surface area contributed by atoms with Crippen LogP contribution in [0.15, 0.2) is 337 Å². The van der Waals surface area contributed by atoms with Crippen molar-refractivity contribution in [3.63, 3.8) is 0 Å². The molecule has 6 aliphatic heterocycles. The van der Waals surface area contributed by atoms with Crippen LogP contribution in [0.4, 0.5) is 68.2 Å². The van der Waals surface area contributed by atoms with E-state index in [4.69, 9.17) is 7.48 Å². The maximum atomic E-state index is 12.3. The minimum atomic E-state index is -1.45. The molecular weight excluding hydrogens is 1270 g/mol. The molecule has 0 radical (unpaired) electrons. The summed E-state index contributed by atoms with van der Waals surface area (Å²) in [6, 6.07) is 63.9. The summed E-state index contributed by atoms with van der Waals surface area (Å²) < 4.78 is 184. The van der Waals surface area contributed by atoms with Crippen LogP contribution in [-0.4, -0.2) is 18.0 Å². The van der Waals surface area contributed by atoms with Gasteiger partial charge in [0.2, 0.25) is 0 Å². The summed E-state index contributed by atoms with van der Waals surface area (Å²) in [4.78, 5) is 9.04. The molecule has 0 unspecified atom stereocenters. The maximum Gasteiger partial charge on any atom is 0.261 e. The Bertz CT molecular complexity index is 7150. The summed E-state index contributed by atoms with van der Waals surface area (Å²) in [6.07, 6.45) is 0. The predicted molar refractivity (Wildman–Crippen MR) is 433 cm³/mol. The lowest BCUT2D eigenvalue weighted by molar-refractivity contribution is 0.491. The highest BCUT2D eigenvalue weighted by atomic mass is 32.2. The van der Waals surface area contributed by atoms with E-state index in [1.807, 2.05) is 210 Å². The number of nitrogens with zero attached hydrogens (tertiary/aromatic N) is 5. The van der Waals surface area contributed by atoms with Gasteiger partial charge in [-0.15, -0.1) is 0 Å².